The average molecular weight is 348 g/mol. The molecule has 0 bridgehead atoms. The van der Waals surface area contributed by atoms with Crippen molar-refractivity contribution < 1.29 is 14.4 Å². The number of hydrogen-bond donors (Lipinski definition) is 1. The number of carbonyl (C=O) groups is 2. The first-order valence-corrected chi connectivity index (χ1v) is 9.31. The summed E-state index contributed by atoms with van der Waals surface area (Å²) >= 11 is 0. The quantitative estimate of drug-likeness (QED) is 0.434. The summed E-state index contributed by atoms with van der Waals surface area (Å²) in [6.45, 7) is 2.57. The molecule has 1 aromatic carbocycles. The molecule has 0 saturated heterocycles. The van der Waals surface area contributed by atoms with Crippen LogP contribution in [0.3, 0.4) is 0 Å². The summed E-state index contributed by atoms with van der Waals surface area (Å²) in [6, 6.07) is 7.71. The molecule has 0 radical (unpaired) electrons. The van der Waals surface area contributed by atoms with Gasteiger partial charge < -0.3 is 5.73 Å². The van der Waals surface area contributed by atoms with Gasteiger partial charge in [0.2, 0.25) is 5.91 Å². The minimum Gasteiger partial charge on any atom is -0.370 e. The monoisotopic (exact) mass is 348 g/mol. The maximum atomic E-state index is 12.4. The first-order chi connectivity index (χ1) is 12.1. The van der Waals surface area contributed by atoms with E-state index in [1.165, 1.54) is 56.3 Å². The molecule has 1 rings (SSSR count). The topological polar surface area (TPSA) is 72.6 Å². The van der Waals surface area contributed by atoms with E-state index in [1.807, 2.05) is 24.3 Å². The molecule has 0 saturated carbocycles. The predicted octanol–water partition coefficient (Wildman–Crippen LogP) is 3.86. The van der Waals surface area contributed by atoms with E-state index in [2.05, 4.69) is 6.92 Å². The van der Waals surface area contributed by atoms with Gasteiger partial charge in [-0.25, -0.2) is 5.06 Å². The Balaban J connectivity index is 2.42. The van der Waals surface area contributed by atoms with Crippen LogP contribution in [-0.4, -0.2) is 30.5 Å². The third-order valence-electron chi connectivity index (χ3n) is 4.25. The lowest BCUT2D eigenvalue weighted by Crippen LogP contribution is -2.31. The molecule has 5 heteroatoms. The van der Waals surface area contributed by atoms with Crippen LogP contribution >= 0.6 is 0 Å². The van der Waals surface area contributed by atoms with E-state index < -0.39 is 0 Å². The summed E-state index contributed by atoms with van der Waals surface area (Å²) in [5.74, 6) is -0.569. The molecule has 5 nitrogen and oxygen atoms in total. The molecule has 0 fully saturated rings. The average Bonchev–Trinajstić information content (AvgIpc) is 2.61. The summed E-state index contributed by atoms with van der Waals surface area (Å²) in [4.78, 5) is 28.3. The van der Waals surface area contributed by atoms with Gasteiger partial charge >= 0.3 is 0 Å². The lowest BCUT2D eigenvalue weighted by atomic mass is 10.0. The van der Waals surface area contributed by atoms with Gasteiger partial charge in [-0.2, -0.15) is 0 Å². The van der Waals surface area contributed by atoms with Crippen molar-refractivity contribution in [2.45, 2.75) is 64.7 Å². The minimum absolute atomic E-state index is 0.196. The van der Waals surface area contributed by atoms with Crippen LogP contribution in [0.5, 0.6) is 0 Å². The van der Waals surface area contributed by atoms with Gasteiger partial charge in [-0.05, 0) is 37.0 Å². The van der Waals surface area contributed by atoms with E-state index in [0.29, 0.717) is 18.5 Å². The van der Waals surface area contributed by atoms with Crippen LogP contribution in [0.15, 0.2) is 24.3 Å². The largest absolute Gasteiger partial charge is 0.370 e. The van der Waals surface area contributed by atoms with Gasteiger partial charge in [-0.1, -0.05) is 51.2 Å². The zero-order chi connectivity index (χ0) is 18.5. The van der Waals surface area contributed by atoms with Crippen LogP contribution in [0.25, 0.3) is 0 Å². The lowest BCUT2D eigenvalue weighted by molar-refractivity contribution is -0.119. The van der Waals surface area contributed by atoms with Crippen LogP contribution in [0.4, 0.5) is 0 Å². The van der Waals surface area contributed by atoms with Crippen LogP contribution < -0.4 is 5.73 Å². The standard InChI is InChI=1S/C20H32N2O3/c1-3-4-5-6-7-8-10-17-12-14-18(15-13-17)20(24)22(25-2)16-9-11-19(21)23/h12-15H,3-11,16H2,1-2H3,(H2,21,23). The zero-order valence-corrected chi connectivity index (χ0v) is 15.6. The van der Waals surface area contributed by atoms with Gasteiger partial charge in [0.1, 0.15) is 0 Å². The van der Waals surface area contributed by atoms with Gasteiger partial charge in [-0.3, -0.25) is 14.4 Å². The molecule has 0 aliphatic heterocycles. The summed E-state index contributed by atoms with van der Waals surface area (Å²) in [5.41, 5.74) is 6.96. The number of unbranched alkanes of at least 4 members (excludes halogenated alkanes) is 5. The van der Waals surface area contributed by atoms with E-state index in [4.69, 9.17) is 10.6 Å². The number of hydroxylamine groups is 2. The first-order valence-electron chi connectivity index (χ1n) is 9.31. The lowest BCUT2D eigenvalue weighted by Gasteiger charge is -2.19. The highest BCUT2D eigenvalue weighted by Gasteiger charge is 2.15. The second-order valence-electron chi connectivity index (χ2n) is 6.37. The minimum atomic E-state index is -0.373. The van der Waals surface area contributed by atoms with E-state index in [9.17, 15) is 9.59 Å². The number of nitrogens with zero attached hydrogens (tertiary/aromatic N) is 1. The fourth-order valence-corrected chi connectivity index (χ4v) is 2.74. The highest BCUT2D eigenvalue weighted by molar-refractivity contribution is 5.93. The Morgan fingerprint density at radius 1 is 1.00 bits per heavy atom. The molecular formula is C20H32N2O3. The molecule has 2 N–H and O–H groups in total. The van der Waals surface area contributed by atoms with E-state index in [0.717, 1.165) is 6.42 Å². The third kappa shape index (κ3) is 8.68. The molecule has 0 aliphatic carbocycles. The van der Waals surface area contributed by atoms with Gasteiger partial charge in [0.15, 0.2) is 0 Å². The number of aryl methyl sites for hydroxylation is 1. The fraction of sp³-hybridized carbons (Fsp3) is 0.600. The summed E-state index contributed by atoms with van der Waals surface area (Å²) in [6.07, 6.45) is 9.46. The van der Waals surface area contributed by atoms with Crippen molar-refractivity contribution in [1.29, 1.82) is 0 Å². The van der Waals surface area contributed by atoms with Crippen LogP contribution in [0.1, 0.15) is 74.2 Å². The van der Waals surface area contributed by atoms with Crippen molar-refractivity contribution >= 4 is 11.8 Å². The predicted molar refractivity (Wildman–Crippen MR) is 100.0 cm³/mol. The highest BCUT2D eigenvalue weighted by Crippen LogP contribution is 2.13. The molecule has 25 heavy (non-hydrogen) atoms. The Hall–Kier alpha value is -1.88. The van der Waals surface area contributed by atoms with Crippen molar-refractivity contribution in [3.8, 4) is 0 Å². The SMILES string of the molecule is CCCCCCCCc1ccc(C(=O)N(CCCC(N)=O)OC)cc1. The van der Waals surface area contributed by atoms with Gasteiger partial charge in [0.25, 0.3) is 5.91 Å². The molecular weight excluding hydrogens is 316 g/mol. The Kier molecular flexibility index (Phi) is 10.6. The molecule has 140 valence electrons. The maximum Gasteiger partial charge on any atom is 0.277 e. The second kappa shape index (κ2) is 12.5. The van der Waals surface area contributed by atoms with Crippen LogP contribution in [0, 0.1) is 0 Å². The molecule has 0 aliphatic rings. The molecule has 2 amide bonds. The number of benzene rings is 1. The van der Waals surface area contributed by atoms with E-state index in [-0.39, 0.29) is 18.2 Å². The highest BCUT2D eigenvalue weighted by atomic mass is 16.7. The Bertz CT molecular complexity index is 514. The van der Waals surface area contributed by atoms with Crippen molar-refractivity contribution in [2.75, 3.05) is 13.7 Å². The number of rotatable bonds is 13. The summed E-state index contributed by atoms with van der Waals surface area (Å²) < 4.78 is 0. The number of carbonyl (C=O) groups excluding carboxylic acids is 2. The molecule has 0 unspecified atom stereocenters. The fourth-order valence-electron chi connectivity index (χ4n) is 2.74. The normalized spacial score (nSPS) is 10.6. The van der Waals surface area contributed by atoms with Crippen LogP contribution in [-0.2, 0) is 16.1 Å². The van der Waals surface area contributed by atoms with Crippen molar-refractivity contribution in [3.05, 3.63) is 35.4 Å². The zero-order valence-electron chi connectivity index (χ0n) is 15.6. The smallest absolute Gasteiger partial charge is 0.277 e. The number of hydrogen-bond acceptors (Lipinski definition) is 3. The molecule has 0 heterocycles. The van der Waals surface area contributed by atoms with Gasteiger partial charge in [0.05, 0.1) is 7.11 Å². The number of nitrogens with two attached hydrogens (primary N) is 1. The first kappa shape index (κ1) is 21.2. The van der Waals surface area contributed by atoms with Crippen LogP contribution in [0.2, 0.25) is 0 Å². The Morgan fingerprint density at radius 2 is 1.64 bits per heavy atom. The molecule has 1 aromatic rings. The van der Waals surface area contributed by atoms with Gasteiger partial charge in [-0.15, -0.1) is 0 Å². The summed E-state index contributed by atoms with van der Waals surface area (Å²) in [5, 5.41) is 1.27. The Labute approximate surface area is 151 Å². The van der Waals surface area contributed by atoms with Gasteiger partial charge in [0, 0.05) is 18.5 Å². The third-order valence-corrected chi connectivity index (χ3v) is 4.25. The van der Waals surface area contributed by atoms with Crippen molar-refractivity contribution in [3.63, 3.8) is 0 Å². The Morgan fingerprint density at radius 3 is 2.24 bits per heavy atom. The van der Waals surface area contributed by atoms with Crippen molar-refractivity contribution in [2.24, 2.45) is 5.73 Å². The second-order valence-corrected chi connectivity index (χ2v) is 6.37. The molecule has 0 atom stereocenters. The van der Waals surface area contributed by atoms with Crippen molar-refractivity contribution in [1.82, 2.24) is 5.06 Å². The van der Waals surface area contributed by atoms with E-state index >= 15 is 0 Å². The molecule has 0 spiro atoms. The number of primary amides is 1. The summed E-state index contributed by atoms with van der Waals surface area (Å²) in [7, 11) is 1.45. The van der Waals surface area contributed by atoms with E-state index in [1.54, 1.807) is 0 Å². The maximum absolute atomic E-state index is 12.4. The molecule has 0 aromatic heterocycles. The number of amides is 2.